The topological polar surface area (TPSA) is 49.4 Å². The highest BCUT2D eigenvalue weighted by Gasteiger charge is 2.34. The van der Waals surface area contributed by atoms with E-state index in [-0.39, 0.29) is 23.9 Å². The van der Waals surface area contributed by atoms with E-state index in [1.807, 2.05) is 0 Å². The van der Waals surface area contributed by atoms with Gasteiger partial charge in [0.2, 0.25) is 11.8 Å². The lowest BCUT2D eigenvalue weighted by molar-refractivity contribution is -0.148. The van der Waals surface area contributed by atoms with Crippen LogP contribution in [0, 0.1) is 0 Å². The van der Waals surface area contributed by atoms with E-state index in [0.717, 1.165) is 19.3 Å². The first kappa shape index (κ1) is 12.0. The van der Waals surface area contributed by atoms with Gasteiger partial charge < -0.3 is 10.2 Å². The Bertz CT molecular complexity index is 253. The summed E-state index contributed by atoms with van der Waals surface area (Å²) in [6, 6.07) is -0.680. The molecule has 1 heterocycles. The molecule has 4 nitrogen and oxygen atoms in total. The molecule has 0 aliphatic carbocycles. The van der Waals surface area contributed by atoms with Gasteiger partial charge in [-0.1, -0.05) is 19.8 Å². The van der Waals surface area contributed by atoms with Gasteiger partial charge in [-0.3, -0.25) is 9.59 Å². The Balaban J connectivity index is 2.57. The molecular weight excluding hydrogens is 192 g/mol. The van der Waals surface area contributed by atoms with Crippen LogP contribution in [0.2, 0.25) is 0 Å². The van der Waals surface area contributed by atoms with E-state index in [2.05, 4.69) is 12.2 Å². The first-order valence-corrected chi connectivity index (χ1v) is 5.68. The van der Waals surface area contributed by atoms with E-state index < -0.39 is 0 Å². The summed E-state index contributed by atoms with van der Waals surface area (Å²) in [4.78, 5) is 25.0. The summed E-state index contributed by atoms with van der Waals surface area (Å²) in [6.45, 7) is 6.34. The van der Waals surface area contributed by atoms with Crippen LogP contribution in [0.5, 0.6) is 0 Å². The van der Waals surface area contributed by atoms with Crippen molar-refractivity contribution in [3.63, 3.8) is 0 Å². The molecule has 4 heteroatoms. The van der Waals surface area contributed by atoms with Gasteiger partial charge in [-0.2, -0.15) is 0 Å². The van der Waals surface area contributed by atoms with Crippen molar-refractivity contribution < 1.29 is 9.59 Å². The van der Waals surface area contributed by atoms with Crippen molar-refractivity contribution in [2.24, 2.45) is 0 Å². The zero-order chi connectivity index (χ0) is 11.4. The lowest BCUT2D eigenvalue weighted by Gasteiger charge is -2.36. The molecule has 0 saturated carbocycles. The van der Waals surface area contributed by atoms with Crippen molar-refractivity contribution in [1.82, 2.24) is 10.2 Å². The normalized spacial score (nSPS) is 26.7. The molecule has 1 aliphatic rings. The Kier molecular flexibility index (Phi) is 4.12. The van der Waals surface area contributed by atoms with Gasteiger partial charge in [-0.15, -0.1) is 0 Å². The van der Waals surface area contributed by atoms with Crippen LogP contribution in [0.25, 0.3) is 0 Å². The number of carbonyl (C=O) groups excluding carboxylic acids is 2. The van der Waals surface area contributed by atoms with E-state index in [0.29, 0.717) is 6.54 Å². The van der Waals surface area contributed by atoms with Crippen LogP contribution in [-0.2, 0) is 9.59 Å². The fraction of sp³-hybridized carbons (Fsp3) is 0.818. The van der Waals surface area contributed by atoms with Gasteiger partial charge >= 0.3 is 0 Å². The third-order valence-corrected chi connectivity index (χ3v) is 2.86. The Labute approximate surface area is 91.0 Å². The monoisotopic (exact) mass is 212 g/mol. The van der Waals surface area contributed by atoms with Crippen LogP contribution in [0.1, 0.15) is 40.0 Å². The molecule has 1 saturated heterocycles. The van der Waals surface area contributed by atoms with Crippen LogP contribution in [-0.4, -0.2) is 35.3 Å². The molecule has 1 N–H and O–H groups in total. The van der Waals surface area contributed by atoms with Crippen LogP contribution in [0.3, 0.4) is 0 Å². The summed E-state index contributed by atoms with van der Waals surface area (Å²) in [5, 5.41) is 2.67. The second-order valence-electron chi connectivity index (χ2n) is 4.14. The summed E-state index contributed by atoms with van der Waals surface area (Å²) >= 11 is 0. The Hall–Kier alpha value is -1.06. The third kappa shape index (κ3) is 2.70. The molecule has 1 fully saturated rings. The summed E-state index contributed by atoms with van der Waals surface area (Å²) in [7, 11) is 0. The number of piperazine rings is 1. The molecule has 2 amide bonds. The standard InChI is InChI=1S/C11H20N2O2/c1-4-5-6-7-13-9(3)10(14)12-8(2)11(13)15/h8-9H,4-7H2,1-3H3,(H,12,14). The predicted octanol–water partition coefficient (Wildman–Crippen LogP) is 0.912. The molecule has 2 unspecified atom stereocenters. The molecule has 2 atom stereocenters. The Morgan fingerprint density at radius 3 is 2.53 bits per heavy atom. The van der Waals surface area contributed by atoms with E-state index >= 15 is 0 Å². The Morgan fingerprint density at radius 2 is 1.93 bits per heavy atom. The van der Waals surface area contributed by atoms with Gasteiger partial charge in [0.25, 0.3) is 0 Å². The minimum absolute atomic E-state index is 0.0400. The number of unbranched alkanes of at least 4 members (excludes halogenated alkanes) is 2. The second kappa shape index (κ2) is 5.14. The number of nitrogens with one attached hydrogen (secondary N) is 1. The van der Waals surface area contributed by atoms with Gasteiger partial charge in [0.05, 0.1) is 0 Å². The van der Waals surface area contributed by atoms with Crippen LogP contribution in [0.4, 0.5) is 0 Å². The summed E-state index contributed by atoms with van der Waals surface area (Å²) in [6.07, 6.45) is 3.21. The lowest BCUT2D eigenvalue weighted by atomic mass is 10.1. The highest BCUT2D eigenvalue weighted by molar-refractivity contribution is 5.96. The molecular formula is C11H20N2O2. The van der Waals surface area contributed by atoms with Gasteiger partial charge in [0.15, 0.2) is 0 Å². The fourth-order valence-electron chi connectivity index (χ4n) is 1.81. The number of hydrogen-bond acceptors (Lipinski definition) is 2. The van der Waals surface area contributed by atoms with Gasteiger partial charge in [-0.25, -0.2) is 0 Å². The maximum atomic E-state index is 11.8. The summed E-state index contributed by atoms with van der Waals surface area (Å²) < 4.78 is 0. The molecule has 0 aromatic carbocycles. The highest BCUT2D eigenvalue weighted by Crippen LogP contribution is 2.11. The molecule has 1 rings (SSSR count). The number of rotatable bonds is 4. The zero-order valence-electron chi connectivity index (χ0n) is 9.75. The number of amides is 2. The predicted molar refractivity (Wildman–Crippen MR) is 58.3 cm³/mol. The molecule has 86 valence electrons. The zero-order valence-corrected chi connectivity index (χ0v) is 9.75. The SMILES string of the molecule is CCCCCN1C(=O)C(C)NC(=O)C1C. The fourth-order valence-corrected chi connectivity index (χ4v) is 1.81. The lowest BCUT2D eigenvalue weighted by Crippen LogP contribution is -2.61. The Morgan fingerprint density at radius 1 is 1.27 bits per heavy atom. The van der Waals surface area contributed by atoms with Crippen LogP contribution < -0.4 is 5.32 Å². The molecule has 1 aliphatic heterocycles. The summed E-state index contributed by atoms with van der Waals surface area (Å²) in [5.74, 6) is -0.00296. The average molecular weight is 212 g/mol. The van der Waals surface area contributed by atoms with Crippen LogP contribution in [0.15, 0.2) is 0 Å². The van der Waals surface area contributed by atoms with E-state index in [4.69, 9.17) is 0 Å². The molecule has 0 aromatic rings. The minimum Gasteiger partial charge on any atom is -0.343 e. The number of carbonyl (C=O) groups is 2. The van der Waals surface area contributed by atoms with Gasteiger partial charge in [0.1, 0.15) is 12.1 Å². The number of nitrogens with zero attached hydrogens (tertiary/aromatic N) is 1. The van der Waals surface area contributed by atoms with E-state index in [1.54, 1.807) is 18.7 Å². The van der Waals surface area contributed by atoms with E-state index in [9.17, 15) is 9.59 Å². The van der Waals surface area contributed by atoms with Crippen molar-refractivity contribution in [2.75, 3.05) is 6.54 Å². The maximum absolute atomic E-state index is 11.8. The first-order chi connectivity index (χ1) is 7.07. The maximum Gasteiger partial charge on any atom is 0.245 e. The van der Waals surface area contributed by atoms with Crippen molar-refractivity contribution >= 4 is 11.8 Å². The third-order valence-electron chi connectivity index (χ3n) is 2.86. The molecule has 0 spiro atoms. The second-order valence-corrected chi connectivity index (χ2v) is 4.14. The highest BCUT2D eigenvalue weighted by atomic mass is 16.2. The average Bonchev–Trinajstić information content (AvgIpc) is 2.20. The van der Waals surface area contributed by atoms with Crippen molar-refractivity contribution in [3.05, 3.63) is 0 Å². The summed E-state index contributed by atoms with van der Waals surface area (Å²) in [5.41, 5.74) is 0. The van der Waals surface area contributed by atoms with Crippen molar-refractivity contribution in [2.45, 2.75) is 52.1 Å². The van der Waals surface area contributed by atoms with Gasteiger partial charge in [-0.05, 0) is 20.3 Å². The molecule has 0 aromatic heterocycles. The van der Waals surface area contributed by atoms with E-state index in [1.165, 1.54) is 0 Å². The minimum atomic E-state index is -0.365. The largest absolute Gasteiger partial charge is 0.343 e. The first-order valence-electron chi connectivity index (χ1n) is 5.68. The van der Waals surface area contributed by atoms with Crippen molar-refractivity contribution in [3.8, 4) is 0 Å². The van der Waals surface area contributed by atoms with Gasteiger partial charge in [0, 0.05) is 6.54 Å². The molecule has 0 radical (unpaired) electrons. The van der Waals surface area contributed by atoms with Crippen LogP contribution >= 0.6 is 0 Å². The van der Waals surface area contributed by atoms with Crippen molar-refractivity contribution in [1.29, 1.82) is 0 Å². The number of hydrogen-bond donors (Lipinski definition) is 1. The quantitative estimate of drug-likeness (QED) is 0.704. The molecule has 0 bridgehead atoms. The smallest absolute Gasteiger partial charge is 0.245 e. The molecule has 15 heavy (non-hydrogen) atoms.